The number of carbonyl (C=O) groups is 1. The lowest BCUT2D eigenvalue weighted by atomic mass is 9.64. The van der Waals surface area contributed by atoms with Crippen LogP contribution in [0.3, 0.4) is 0 Å². The Morgan fingerprint density at radius 2 is 2.04 bits per heavy atom. The molecule has 5 bridgehead atoms. The van der Waals surface area contributed by atoms with Crippen molar-refractivity contribution in [2.24, 2.45) is 33.9 Å². The normalized spacial score (nSPS) is 35.7. The second-order valence-corrected chi connectivity index (χ2v) is 14.9. The minimum Gasteiger partial charge on any atom is -0.504 e. The smallest absolute Gasteiger partial charge is 0.302 e. The summed E-state index contributed by atoms with van der Waals surface area (Å²) in [6, 6.07) is 3.61. The zero-order valence-electron chi connectivity index (χ0n) is 29.5. The number of hydrogen-bond acceptors (Lipinski definition) is 10. The number of benzene rings is 1. The highest BCUT2D eigenvalue weighted by molar-refractivity contribution is 5.77. The van der Waals surface area contributed by atoms with Gasteiger partial charge in [-0.3, -0.25) is 9.79 Å². The molecule has 12 nitrogen and oxygen atoms in total. The Morgan fingerprint density at radius 1 is 1.24 bits per heavy atom. The summed E-state index contributed by atoms with van der Waals surface area (Å²) < 4.78 is 12.6. The lowest BCUT2D eigenvalue weighted by Gasteiger charge is -2.52. The fourth-order valence-corrected chi connectivity index (χ4v) is 8.95. The number of guanidine groups is 1. The third-order valence-electron chi connectivity index (χ3n) is 11.7. The van der Waals surface area contributed by atoms with Crippen molar-refractivity contribution in [1.29, 1.82) is 0 Å². The van der Waals surface area contributed by atoms with Crippen LogP contribution >= 0.6 is 0 Å². The van der Waals surface area contributed by atoms with Gasteiger partial charge in [-0.25, -0.2) is 0 Å². The molecule has 1 aromatic rings. The van der Waals surface area contributed by atoms with Gasteiger partial charge in [-0.05, 0) is 101 Å². The number of carbonyl (C=O) groups excluding carboxylic acids is 1. The Kier molecular flexibility index (Phi) is 12.0. The maximum atomic E-state index is 12.6. The van der Waals surface area contributed by atoms with E-state index in [0.717, 1.165) is 50.6 Å². The molecule has 0 radical (unpaired) electrons. The van der Waals surface area contributed by atoms with E-state index in [1.807, 2.05) is 13.1 Å². The average molecular weight is 684 g/mol. The van der Waals surface area contributed by atoms with E-state index in [1.165, 1.54) is 6.92 Å². The number of hydrogen-bond donors (Lipinski definition) is 8. The van der Waals surface area contributed by atoms with E-state index in [-0.39, 0.29) is 66.7 Å². The van der Waals surface area contributed by atoms with E-state index >= 15 is 0 Å². The van der Waals surface area contributed by atoms with Crippen molar-refractivity contribution >= 4 is 11.9 Å². The lowest BCUT2D eigenvalue weighted by molar-refractivity contribution is -0.152. The molecule has 2 heterocycles. The van der Waals surface area contributed by atoms with Crippen LogP contribution in [0.4, 0.5) is 0 Å². The second-order valence-electron chi connectivity index (χ2n) is 14.9. The SMILES string of the molecule is CN=C(N)NC[C@@]1([C@H](C)O)C#C[C@@H]2CC3CC[C@@H](NC)[C@@]4(C3)C[C@@H](CCN4)Oc3cc(c(CO)cc3O)C[C@@H]2[C@@H](OC(C)=O)C[C@@H](O)CC1. The molecule has 0 amide bonds. The minimum atomic E-state index is -0.935. The molecule has 2 aliphatic carbocycles. The molecule has 4 aliphatic rings. The van der Waals surface area contributed by atoms with Gasteiger partial charge in [-0.2, -0.15) is 0 Å². The fourth-order valence-electron chi connectivity index (χ4n) is 8.95. The summed E-state index contributed by atoms with van der Waals surface area (Å²) >= 11 is 0. The Labute approximate surface area is 290 Å². The summed E-state index contributed by atoms with van der Waals surface area (Å²) in [5, 5.41) is 54.8. The number of aliphatic hydroxyl groups excluding tert-OH is 3. The summed E-state index contributed by atoms with van der Waals surface area (Å²) in [5.41, 5.74) is 6.18. The predicted octanol–water partition coefficient (Wildman–Crippen LogP) is 1.70. The van der Waals surface area contributed by atoms with Crippen LogP contribution in [-0.2, 0) is 22.6 Å². The molecule has 272 valence electrons. The number of aliphatic hydroxyl groups is 3. The molecule has 0 aromatic heterocycles. The van der Waals surface area contributed by atoms with Gasteiger partial charge >= 0.3 is 5.97 Å². The molecule has 9 N–H and O–H groups in total. The van der Waals surface area contributed by atoms with E-state index < -0.39 is 29.7 Å². The maximum absolute atomic E-state index is 12.6. The van der Waals surface area contributed by atoms with Gasteiger partial charge in [0.15, 0.2) is 17.5 Å². The van der Waals surface area contributed by atoms with Gasteiger partial charge in [0.1, 0.15) is 12.2 Å². The van der Waals surface area contributed by atoms with Crippen molar-refractivity contribution in [2.45, 2.75) is 121 Å². The van der Waals surface area contributed by atoms with E-state index in [1.54, 1.807) is 20.0 Å². The molecule has 10 atom stereocenters. The zero-order chi connectivity index (χ0) is 35.3. The van der Waals surface area contributed by atoms with Gasteiger partial charge in [0, 0.05) is 56.8 Å². The fraction of sp³-hybridized carbons (Fsp3) is 0.730. The van der Waals surface area contributed by atoms with Crippen molar-refractivity contribution in [3.05, 3.63) is 23.3 Å². The number of phenols is 1. The Bertz CT molecular complexity index is 1410. The van der Waals surface area contributed by atoms with E-state index in [2.05, 4.69) is 32.8 Å². The van der Waals surface area contributed by atoms with Crippen LogP contribution in [0.15, 0.2) is 17.1 Å². The van der Waals surface area contributed by atoms with E-state index in [9.17, 15) is 25.2 Å². The van der Waals surface area contributed by atoms with Crippen LogP contribution in [0.1, 0.15) is 82.8 Å². The first-order valence-electron chi connectivity index (χ1n) is 18.0. The molecule has 1 spiro atoms. The number of fused-ring (bicyclic) bond motifs is 5. The summed E-state index contributed by atoms with van der Waals surface area (Å²) in [4.78, 5) is 16.7. The molecule has 49 heavy (non-hydrogen) atoms. The summed E-state index contributed by atoms with van der Waals surface area (Å²) in [6.45, 7) is 3.83. The van der Waals surface area contributed by atoms with E-state index in [4.69, 9.17) is 15.2 Å². The highest BCUT2D eigenvalue weighted by Crippen LogP contribution is 2.45. The zero-order valence-corrected chi connectivity index (χ0v) is 29.5. The topological polar surface area (TPSA) is 191 Å². The molecule has 1 unspecified atom stereocenters. The largest absolute Gasteiger partial charge is 0.504 e. The number of piperidine rings is 1. The van der Waals surface area contributed by atoms with Gasteiger partial charge in [0.2, 0.25) is 0 Å². The molecule has 1 aromatic carbocycles. The van der Waals surface area contributed by atoms with Gasteiger partial charge in [0.25, 0.3) is 0 Å². The van der Waals surface area contributed by atoms with Crippen LogP contribution in [0.5, 0.6) is 11.5 Å². The first-order valence-corrected chi connectivity index (χ1v) is 18.0. The van der Waals surface area contributed by atoms with E-state index in [0.29, 0.717) is 30.6 Å². The summed E-state index contributed by atoms with van der Waals surface area (Å²) in [5.74, 6) is 6.89. The summed E-state index contributed by atoms with van der Waals surface area (Å²) in [6.07, 6.45) is 3.93. The molecule has 5 rings (SSSR count). The van der Waals surface area contributed by atoms with Crippen molar-refractivity contribution in [3.8, 4) is 23.3 Å². The molecular formula is C37H57N5O7. The van der Waals surface area contributed by atoms with Crippen LogP contribution < -0.4 is 26.4 Å². The quantitative estimate of drug-likeness (QED) is 0.0943. The van der Waals surface area contributed by atoms with Gasteiger partial charge < -0.3 is 51.6 Å². The number of rotatable bonds is 6. The highest BCUT2D eigenvalue weighted by Gasteiger charge is 2.48. The van der Waals surface area contributed by atoms with Gasteiger partial charge in [-0.15, -0.1) is 0 Å². The molecule has 2 aliphatic heterocycles. The van der Waals surface area contributed by atoms with Gasteiger partial charge in [0.05, 0.1) is 24.2 Å². The molecule has 1 saturated carbocycles. The number of nitrogens with zero attached hydrogens (tertiary/aromatic N) is 1. The summed E-state index contributed by atoms with van der Waals surface area (Å²) in [7, 11) is 3.60. The van der Waals surface area contributed by atoms with Crippen LogP contribution in [0.2, 0.25) is 0 Å². The number of nitrogens with one attached hydrogen (secondary N) is 3. The Balaban J connectivity index is 1.70. The van der Waals surface area contributed by atoms with Gasteiger partial charge in [-0.1, -0.05) is 11.8 Å². The number of esters is 1. The van der Waals surface area contributed by atoms with Crippen molar-refractivity contribution < 1.29 is 34.7 Å². The number of nitrogens with two attached hydrogens (primary N) is 1. The molecule has 2 fully saturated rings. The first-order chi connectivity index (χ1) is 23.4. The lowest BCUT2D eigenvalue weighted by Crippen LogP contribution is -2.66. The highest BCUT2D eigenvalue weighted by atomic mass is 16.5. The third-order valence-corrected chi connectivity index (χ3v) is 11.7. The number of aliphatic imine (C=N–C) groups is 1. The third kappa shape index (κ3) is 8.46. The van der Waals surface area contributed by atoms with Crippen molar-refractivity contribution in [1.82, 2.24) is 16.0 Å². The van der Waals surface area contributed by atoms with Crippen LogP contribution in [-0.4, -0.2) is 95.5 Å². The standard InChI is InChI=1S/C37H57N5O7/c1-22(44)36(21-41-35(38)40-4)10-7-25-13-24-5-6-34(39-3)37(18-24)19-29(9-12-42-37)49-33-16-26(27(20-43)15-31(33)47)14-30(25)32(48-23(2)45)17-28(46)8-11-36/h15-16,22,24-25,28-30,32,34,39,42-44,46-47H,5-6,8-9,11-14,17-21H2,1-4H3,(H3,38,40,41)/t22-,24?,25+,28-,29+,30-,32-,34+,36+,37+/m0/s1. The Morgan fingerprint density at radius 3 is 2.73 bits per heavy atom. The second kappa shape index (κ2) is 15.9. The molecule has 12 heteroatoms. The predicted molar refractivity (Wildman–Crippen MR) is 187 cm³/mol. The Hall–Kier alpha value is -3.08. The van der Waals surface area contributed by atoms with Crippen LogP contribution in [0, 0.1) is 35.0 Å². The monoisotopic (exact) mass is 683 g/mol. The average Bonchev–Trinajstić information content (AvgIpc) is 3.06. The van der Waals surface area contributed by atoms with Crippen molar-refractivity contribution in [3.63, 3.8) is 0 Å². The number of aromatic hydroxyl groups is 1. The molecular weight excluding hydrogens is 626 g/mol. The number of ether oxygens (including phenoxy) is 2. The molecule has 1 saturated heterocycles. The van der Waals surface area contributed by atoms with Crippen LogP contribution in [0.25, 0.3) is 0 Å². The van der Waals surface area contributed by atoms with Crippen molar-refractivity contribution in [2.75, 3.05) is 27.2 Å². The maximum Gasteiger partial charge on any atom is 0.302 e. The number of phenolic OH excluding ortho intramolecular Hbond substituents is 1. The first kappa shape index (κ1) is 37.2. The number of likely N-dealkylation sites (N-methyl/N-ethyl adjacent to an activating group) is 1. The minimum absolute atomic E-state index is 0.0275.